The molecule has 0 spiro atoms. The summed E-state index contributed by atoms with van der Waals surface area (Å²) >= 11 is 1.36. The summed E-state index contributed by atoms with van der Waals surface area (Å²) in [7, 11) is 2.92. The number of ether oxygens (including phenoxy) is 3. The number of nitriles is 1. The number of carbonyl (C=O) groups is 1. The van der Waals surface area contributed by atoms with Gasteiger partial charge in [-0.3, -0.25) is 4.68 Å². The number of hydrogen-bond acceptors (Lipinski definition) is 10. The lowest BCUT2D eigenvalue weighted by atomic mass is 10.1. The fourth-order valence-corrected chi connectivity index (χ4v) is 4.49. The van der Waals surface area contributed by atoms with E-state index in [0.717, 1.165) is 28.0 Å². The molecule has 0 aliphatic carbocycles. The summed E-state index contributed by atoms with van der Waals surface area (Å²) in [5.41, 5.74) is 3.48. The molecule has 0 aliphatic rings. The van der Waals surface area contributed by atoms with Gasteiger partial charge in [0.25, 0.3) is 0 Å². The minimum atomic E-state index is -0.498. The van der Waals surface area contributed by atoms with Crippen molar-refractivity contribution >= 4 is 34.8 Å². The number of methoxy groups -OCH3 is 2. The van der Waals surface area contributed by atoms with E-state index in [2.05, 4.69) is 44.1 Å². The number of benzene rings is 2. The van der Waals surface area contributed by atoms with Gasteiger partial charge in [-0.2, -0.15) is 10.4 Å². The minimum Gasteiger partial charge on any atom is -0.496 e. The van der Waals surface area contributed by atoms with Crippen LogP contribution in [0, 0.1) is 11.3 Å². The Kier molecular flexibility index (Phi) is 8.94. The molecule has 0 aliphatic heterocycles. The maximum absolute atomic E-state index is 11.3. The number of anilines is 1. The Hall–Kier alpha value is -4.37. The molecule has 0 unspecified atom stereocenters. The Morgan fingerprint density at radius 2 is 2.05 bits per heavy atom. The van der Waals surface area contributed by atoms with Gasteiger partial charge in [0.05, 0.1) is 44.3 Å². The van der Waals surface area contributed by atoms with Crippen molar-refractivity contribution < 1.29 is 23.5 Å². The summed E-state index contributed by atoms with van der Waals surface area (Å²) in [4.78, 5) is 12.2. The molecule has 0 saturated heterocycles. The van der Waals surface area contributed by atoms with E-state index in [1.165, 1.54) is 19.1 Å². The maximum Gasteiger partial charge on any atom is 0.407 e. The Balaban J connectivity index is 1.50. The van der Waals surface area contributed by atoms with Crippen molar-refractivity contribution in [2.24, 2.45) is 0 Å². The molecule has 198 valence electrons. The summed E-state index contributed by atoms with van der Waals surface area (Å²) in [5.74, 6) is 1.82. The van der Waals surface area contributed by atoms with Crippen LogP contribution in [0.15, 0.2) is 52.1 Å². The average Bonchev–Trinajstić information content (AvgIpc) is 3.57. The Labute approximate surface area is 224 Å². The van der Waals surface area contributed by atoms with Crippen LogP contribution in [0.3, 0.4) is 0 Å². The van der Waals surface area contributed by atoms with Gasteiger partial charge in [-0.1, -0.05) is 18.1 Å². The summed E-state index contributed by atoms with van der Waals surface area (Å²) < 4.78 is 26.7. The lowest BCUT2D eigenvalue weighted by Gasteiger charge is -2.12. The van der Waals surface area contributed by atoms with Crippen LogP contribution in [0.4, 0.5) is 10.6 Å². The molecule has 2 aromatic heterocycles. The second-order valence-corrected chi connectivity index (χ2v) is 9.04. The van der Waals surface area contributed by atoms with Gasteiger partial charge in [0.15, 0.2) is 11.4 Å². The number of fused-ring (bicyclic) bond motifs is 1. The third-order valence-electron chi connectivity index (χ3n) is 5.62. The molecule has 38 heavy (non-hydrogen) atoms. The van der Waals surface area contributed by atoms with Gasteiger partial charge < -0.3 is 28.8 Å². The van der Waals surface area contributed by atoms with Crippen molar-refractivity contribution in [1.82, 2.24) is 20.3 Å². The number of hydrogen-bond donors (Lipinski definition) is 2. The molecule has 0 radical (unpaired) electrons. The second-order valence-electron chi connectivity index (χ2n) is 8.19. The zero-order valence-corrected chi connectivity index (χ0v) is 22.1. The van der Waals surface area contributed by atoms with Crippen LogP contribution in [0.2, 0.25) is 0 Å². The summed E-state index contributed by atoms with van der Waals surface area (Å²) in [6.45, 7) is 3.19. The molecular weight excluding hydrogens is 508 g/mol. The Morgan fingerprint density at radius 1 is 1.18 bits per heavy atom. The standard InChI is InChI=1S/C26H28N6O5S/c1-4-17-6-7-20(36-9-5-8-27)23(12-17)38-31-25-24-21(34-2)10-18(11-22(24)37-30-25)15-32-16-19(14-29-32)13-28-26(33)35-3/h6-7,10-12,14,16H,4-5,9,13,15H2,1-3H3,(H,28,33)(H,30,31). The molecule has 12 heteroatoms. The highest BCUT2D eigenvalue weighted by Gasteiger charge is 2.17. The van der Waals surface area contributed by atoms with Crippen molar-refractivity contribution in [1.29, 1.82) is 5.26 Å². The first-order valence-electron chi connectivity index (χ1n) is 11.9. The molecule has 11 nitrogen and oxygen atoms in total. The van der Waals surface area contributed by atoms with E-state index in [-0.39, 0.29) is 0 Å². The normalized spacial score (nSPS) is 10.7. The molecule has 4 aromatic rings. The third-order valence-corrected chi connectivity index (χ3v) is 6.45. The van der Waals surface area contributed by atoms with Crippen LogP contribution in [0.5, 0.6) is 11.5 Å². The molecule has 0 fully saturated rings. The van der Waals surface area contributed by atoms with Crippen LogP contribution in [0.1, 0.15) is 30.0 Å². The monoisotopic (exact) mass is 536 g/mol. The quantitative estimate of drug-likeness (QED) is 0.190. The number of nitrogens with one attached hydrogen (secondary N) is 2. The van der Waals surface area contributed by atoms with Gasteiger partial charge in [-0.05, 0) is 53.8 Å². The zero-order valence-electron chi connectivity index (χ0n) is 21.3. The van der Waals surface area contributed by atoms with Gasteiger partial charge in [0, 0.05) is 18.3 Å². The molecule has 2 aromatic carbocycles. The largest absolute Gasteiger partial charge is 0.496 e. The lowest BCUT2D eigenvalue weighted by molar-refractivity contribution is 0.170. The van der Waals surface area contributed by atoms with E-state index in [9.17, 15) is 4.79 Å². The fourth-order valence-electron chi connectivity index (χ4n) is 3.71. The van der Waals surface area contributed by atoms with Crippen LogP contribution >= 0.6 is 11.9 Å². The van der Waals surface area contributed by atoms with Crippen molar-refractivity contribution in [3.8, 4) is 17.6 Å². The first-order chi connectivity index (χ1) is 18.5. The molecule has 1 amide bonds. The maximum atomic E-state index is 11.3. The predicted molar refractivity (Wildman–Crippen MR) is 142 cm³/mol. The molecule has 0 saturated carbocycles. The number of rotatable bonds is 12. The number of carbonyl (C=O) groups excluding carboxylic acids is 1. The van der Waals surface area contributed by atoms with Gasteiger partial charge >= 0.3 is 6.09 Å². The highest BCUT2D eigenvalue weighted by molar-refractivity contribution is 8.00. The smallest absolute Gasteiger partial charge is 0.407 e. The number of aromatic nitrogens is 3. The minimum absolute atomic E-state index is 0.310. The highest BCUT2D eigenvalue weighted by atomic mass is 32.2. The highest BCUT2D eigenvalue weighted by Crippen LogP contribution is 2.37. The molecular formula is C26H28N6O5S. The zero-order chi connectivity index (χ0) is 26.9. The van der Waals surface area contributed by atoms with E-state index in [1.54, 1.807) is 18.0 Å². The van der Waals surface area contributed by atoms with Gasteiger partial charge in [-0.25, -0.2) is 4.79 Å². The first kappa shape index (κ1) is 26.7. The molecule has 2 heterocycles. The summed E-state index contributed by atoms with van der Waals surface area (Å²) in [6.07, 6.45) is 4.23. The molecule has 2 N–H and O–H groups in total. The average molecular weight is 537 g/mol. The van der Waals surface area contributed by atoms with Gasteiger partial charge in [-0.15, -0.1) is 0 Å². The van der Waals surface area contributed by atoms with Gasteiger partial charge in [0.2, 0.25) is 0 Å². The topological polar surface area (TPSA) is 136 Å². The van der Waals surface area contributed by atoms with E-state index < -0.39 is 6.09 Å². The van der Waals surface area contributed by atoms with Crippen LogP contribution < -0.4 is 19.5 Å². The van der Waals surface area contributed by atoms with Crippen LogP contribution in [-0.4, -0.2) is 41.9 Å². The number of alkyl carbamates (subject to hydrolysis) is 1. The lowest BCUT2D eigenvalue weighted by Crippen LogP contribution is -2.21. The number of nitrogens with zero attached hydrogens (tertiary/aromatic N) is 4. The summed E-state index contributed by atoms with van der Waals surface area (Å²) in [6, 6.07) is 11.9. The second kappa shape index (κ2) is 12.7. The molecule has 0 atom stereocenters. The third kappa shape index (κ3) is 6.49. The van der Waals surface area contributed by atoms with Gasteiger partial charge in [0.1, 0.15) is 23.5 Å². The summed E-state index contributed by atoms with van der Waals surface area (Å²) in [5, 5.41) is 20.8. The van der Waals surface area contributed by atoms with Crippen molar-refractivity contribution in [3.63, 3.8) is 0 Å². The van der Waals surface area contributed by atoms with Crippen molar-refractivity contribution in [2.45, 2.75) is 37.8 Å². The van der Waals surface area contributed by atoms with E-state index in [1.807, 2.05) is 30.5 Å². The Bertz CT molecular complexity index is 1440. The van der Waals surface area contributed by atoms with E-state index in [0.29, 0.717) is 54.4 Å². The van der Waals surface area contributed by atoms with E-state index >= 15 is 0 Å². The van der Waals surface area contributed by atoms with E-state index in [4.69, 9.17) is 19.3 Å². The number of amides is 1. The Morgan fingerprint density at radius 3 is 2.82 bits per heavy atom. The fraction of sp³-hybridized carbons (Fsp3) is 0.308. The molecule has 4 rings (SSSR count). The van der Waals surface area contributed by atoms with Crippen LogP contribution in [-0.2, 0) is 24.2 Å². The van der Waals surface area contributed by atoms with Crippen molar-refractivity contribution in [3.05, 3.63) is 59.4 Å². The van der Waals surface area contributed by atoms with Crippen molar-refractivity contribution in [2.75, 3.05) is 25.5 Å². The number of aryl methyl sites for hydroxylation is 1. The van der Waals surface area contributed by atoms with Crippen LogP contribution in [0.25, 0.3) is 11.0 Å². The molecule has 0 bridgehead atoms. The first-order valence-corrected chi connectivity index (χ1v) is 12.7. The SMILES string of the molecule is CCc1ccc(OCCC#N)c(SNc2noc3cc(Cn4cc(CNC(=O)OC)cn4)cc(OC)c23)c1. The predicted octanol–water partition coefficient (Wildman–Crippen LogP) is 4.91.